The number of aliphatic imine (C=N–C) groups is 1. The molecule has 0 atom stereocenters. The summed E-state index contributed by atoms with van der Waals surface area (Å²) < 4.78 is 5.05. The zero-order chi connectivity index (χ0) is 16.5. The molecule has 1 fully saturated rings. The predicted molar refractivity (Wildman–Crippen MR) is 91.6 cm³/mol. The fourth-order valence-corrected chi connectivity index (χ4v) is 3.12. The molecule has 1 saturated carbocycles. The summed E-state index contributed by atoms with van der Waals surface area (Å²) in [7, 11) is 1.77. The maximum atomic E-state index is 11.7. The first-order valence-corrected chi connectivity index (χ1v) is 8.45. The predicted octanol–water partition coefficient (Wildman–Crippen LogP) is 2.14. The van der Waals surface area contributed by atoms with Crippen molar-refractivity contribution in [1.29, 1.82) is 0 Å². The SMILES string of the molecule is CCC1(CNC(=NC)NCCNC(=O)c2ccco2)CCCC1. The first kappa shape index (κ1) is 17.4. The van der Waals surface area contributed by atoms with Crippen LogP contribution in [-0.2, 0) is 0 Å². The number of rotatable bonds is 7. The van der Waals surface area contributed by atoms with E-state index in [1.165, 1.54) is 38.4 Å². The lowest BCUT2D eigenvalue weighted by atomic mass is 9.83. The van der Waals surface area contributed by atoms with Crippen LogP contribution in [0.3, 0.4) is 0 Å². The molecule has 1 aromatic rings. The zero-order valence-corrected chi connectivity index (χ0v) is 14.2. The number of hydrogen-bond acceptors (Lipinski definition) is 3. The van der Waals surface area contributed by atoms with E-state index in [9.17, 15) is 4.79 Å². The lowest BCUT2D eigenvalue weighted by Crippen LogP contribution is -2.45. The Kier molecular flexibility index (Phi) is 6.50. The van der Waals surface area contributed by atoms with E-state index < -0.39 is 0 Å². The van der Waals surface area contributed by atoms with Crippen molar-refractivity contribution in [2.75, 3.05) is 26.7 Å². The van der Waals surface area contributed by atoms with Gasteiger partial charge in [-0.25, -0.2) is 0 Å². The Bertz CT molecular complexity index is 505. The largest absolute Gasteiger partial charge is 0.459 e. The van der Waals surface area contributed by atoms with Crippen molar-refractivity contribution in [2.24, 2.45) is 10.4 Å². The van der Waals surface area contributed by atoms with Gasteiger partial charge in [0.15, 0.2) is 11.7 Å². The highest BCUT2D eigenvalue weighted by molar-refractivity contribution is 5.91. The number of hydrogen-bond donors (Lipinski definition) is 3. The van der Waals surface area contributed by atoms with Gasteiger partial charge >= 0.3 is 0 Å². The maximum Gasteiger partial charge on any atom is 0.287 e. The van der Waals surface area contributed by atoms with E-state index >= 15 is 0 Å². The van der Waals surface area contributed by atoms with Crippen LogP contribution in [-0.4, -0.2) is 38.5 Å². The smallest absolute Gasteiger partial charge is 0.287 e. The van der Waals surface area contributed by atoms with Gasteiger partial charge in [-0.05, 0) is 36.8 Å². The Morgan fingerprint density at radius 1 is 1.26 bits per heavy atom. The number of carbonyl (C=O) groups is 1. The average molecular weight is 320 g/mol. The normalized spacial score (nSPS) is 17.0. The minimum absolute atomic E-state index is 0.198. The van der Waals surface area contributed by atoms with Gasteiger partial charge in [0, 0.05) is 26.7 Å². The average Bonchev–Trinajstić information content (AvgIpc) is 3.26. The summed E-state index contributed by atoms with van der Waals surface area (Å²) in [4.78, 5) is 16.0. The molecule has 6 heteroatoms. The van der Waals surface area contributed by atoms with Gasteiger partial charge in [0.05, 0.1) is 6.26 Å². The second-order valence-electron chi connectivity index (χ2n) is 6.15. The van der Waals surface area contributed by atoms with Gasteiger partial charge in [0.1, 0.15) is 0 Å². The van der Waals surface area contributed by atoms with Crippen LogP contribution in [0.25, 0.3) is 0 Å². The van der Waals surface area contributed by atoms with Crippen molar-refractivity contribution in [3.63, 3.8) is 0 Å². The van der Waals surface area contributed by atoms with Crippen LogP contribution in [0.5, 0.6) is 0 Å². The molecule has 0 bridgehead atoms. The molecule has 128 valence electrons. The molecule has 1 amide bonds. The second kappa shape index (κ2) is 8.60. The molecule has 3 N–H and O–H groups in total. The van der Waals surface area contributed by atoms with Crippen LogP contribution < -0.4 is 16.0 Å². The van der Waals surface area contributed by atoms with E-state index in [0.29, 0.717) is 24.3 Å². The quantitative estimate of drug-likeness (QED) is 0.409. The van der Waals surface area contributed by atoms with Crippen LogP contribution >= 0.6 is 0 Å². The van der Waals surface area contributed by atoms with Crippen molar-refractivity contribution < 1.29 is 9.21 Å². The number of guanidine groups is 1. The fraction of sp³-hybridized carbons (Fsp3) is 0.647. The molecule has 0 aromatic carbocycles. The van der Waals surface area contributed by atoms with Crippen LogP contribution in [0, 0.1) is 5.41 Å². The molecule has 1 aliphatic rings. The van der Waals surface area contributed by atoms with Crippen molar-refractivity contribution in [2.45, 2.75) is 39.0 Å². The van der Waals surface area contributed by atoms with E-state index in [2.05, 4.69) is 27.9 Å². The van der Waals surface area contributed by atoms with Gasteiger partial charge in [-0.2, -0.15) is 0 Å². The Morgan fingerprint density at radius 2 is 2.00 bits per heavy atom. The van der Waals surface area contributed by atoms with E-state index in [0.717, 1.165) is 12.5 Å². The zero-order valence-electron chi connectivity index (χ0n) is 14.2. The number of furan rings is 1. The standard InChI is InChI=1S/C17H28N4O2/c1-3-17(8-4-5-9-17)13-21-16(18-2)20-11-10-19-15(22)14-7-6-12-23-14/h6-7,12H,3-5,8-11,13H2,1-2H3,(H,19,22)(H2,18,20,21). The van der Waals surface area contributed by atoms with E-state index in [-0.39, 0.29) is 5.91 Å². The van der Waals surface area contributed by atoms with Gasteiger partial charge in [0.2, 0.25) is 0 Å². The molecule has 23 heavy (non-hydrogen) atoms. The molecule has 1 aromatic heterocycles. The van der Waals surface area contributed by atoms with E-state index in [1.54, 1.807) is 19.2 Å². The summed E-state index contributed by atoms with van der Waals surface area (Å²) in [6.45, 7) is 4.36. The monoisotopic (exact) mass is 320 g/mol. The highest BCUT2D eigenvalue weighted by Gasteiger charge is 2.31. The molecule has 0 spiro atoms. The molecule has 0 unspecified atom stereocenters. The Labute approximate surface area is 138 Å². The summed E-state index contributed by atoms with van der Waals surface area (Å²) in [6.07, 6.45) is 7.96. The minimum atomic E-state index is -0.198. The summed E-state index contributed by atoms with van der Waals surface area (Å²) in [5, 5.41) is 9.46. The van der Waals surface area contributed by atoms with E-state index in [1.807, 2.05) is 0 Å². The van der Waals surface area contributed by atoms with Gasteiger partial charge in [0.25, 0.3) is 5.91 Å². The minimum Gasteiger partial charge on any atom is -0.459 e. The molecule has 0 aliphatic heterocycles. The number of nitrogens with zero attached hydrogens (tertiary/aromatic N) is 1. The van der Waals surface area contributed by atoms with E-state index in [4.69, 9.17) is 4.42 Å². The van der Waals surface area contributed by atoms with Gasteiger partial charge in [-0.1, -0.05) is 19.8 Å². The van der Waals surface area contributed by atoms with Crippen LogP contribution in [0.4, 0.5) is 0 Å². The molecule has 1 heterocycles. The van der Waals surface area contributed by atoms with Crippen molar-refractivity contribution in [3.8, 4) is 0 Å². The first-order valence-electron chi connectivity index (χ1n) is 8.45. The third-order valence-electron chi connectivity index (χ3n) is 4.72. The molecule has 6 nitrogen and oxygen atoms in total. The summed E-state index contributed by atoms with van der Waals surface area (Å²) in [5.74, 6) is 0.922. The van der Waals surface area contributed by atoms with Crippen LogP contribution in [0.1, 0.15) is 49.6 Å². The van der Waals surface area contributed by atoms with Gasteiger partial charge in [-0.3, -0.25) is 9.79 Å². The molecule has 2 rings (SSSR count). The Hall–Kier alpha value is -1.98. The second-order valence-corrected chi connectivity index (χ2v) is 6.15. The highest BCUT2D eigenvalue weighted by Crippen LogP contribution is 2.40. The molecule has 0 radical (unpaired) electrons. The molecular formula is C17H28N4O2. The van der Waals surface area contributed by atoms with Gasteiger partial charge in [-0.15, -0.1) is 0 Å². The van der Waals surface area contributed by atoms with Crippen molar-refractivity contribution >= 4 is 11.9 Å². The highest BCUT2D eigenvalue weighted by atomic mass is 16.3. The number of carbonyl (C=O) groups excluding carboxylic acids is 1. The topological polar surface area (TPSA) is 78.7 Å². The number of amides is 1. The summed E-state index contributed by atoms with van der Waals surface area (Å²) in [5.41, 5.74) is 0.422. The van der Waals surface area contributed by atoms with Crippen LogP contribution in [0.2, 0.25) is 0 Å². The Morgan fingerprint density at radius 3 is 2.61 bits per heavy atom. The van der Waals surface area contributed by atoms with Gasteiger partial charge < -0.3 is 20.4 Å². The summed E-state index contributed by atoms with van der Waals surface area (Å²) >= 11 is 0. The first-order chi connectivity index (χ1) is 11.2. The van der Waals surface area contributed by atoms with Crippen molar-refractivity contribution in [1.82, 2.24) is 16.0 Å². The molecule has 0 saturated heterocycles. The Balaban J connectivity index is 1.66. The fourth-order valence-electron chi connectivity index (χ4n) is 3.12. The lowest BCUT2D eigenvalue weighted by molar-refractivity contribution is 0.0926. The van der Waals surface area contributed by atoms with Crippen molar-refractivity contribution in [3.05, 3.63) is 24.2 Å². The molecular weight excluding hydrogens is 292 g/mol. The van der Waals surface area contributed by atoms with Crippen LogP contribution in [0.15, 0.2) is 27.8 Å². The third-order valence-corrected chi connectivity index (χ3v) is 4.72. The lowest BCUT2D eigenvalue weighted by Gasteiger charge is -2.28. The summed E-state index contributed by atoms with van der Waals surface area (Å²) in [6, 6.07) is 3.35. The maximum absolute atomic E-state index is 11.7. The molecule has 1 aliphatic carbocycles. The third kappa shape index (κ3) is 5.01. The number of nitrogens with one attached hydrogen (secondary N) is 3.